The Labute approximate surface area is 174 Å². The lowest BCUT2D eigenvalue weighted by molar-refractivity contribution is 0.0517. The van der Waals surface area contributed by atoms with E-state index in [1.54, 1.807) is 0 Å². The van der Waals surface area contributed by atoms with Crippen molar-refractivity contribution in [2.75, 3.05) is 24.5 Å². The molecular weight excluding hydrogens is 364 g/mol. The van der Waals surface area contributed by atoms with Gasteiger partial charge in [0.15, 0.2) is 0 Å². The number of carbonyl (C=O) groups excluding carboxylic acids is 1. The monoisotopic (exact) mass is 396 g/mol. The summed E-state index contributed by atoms with van der Waals surface area (Å²) in [5.41, 5.74) is 1.89. The molecule has 156 valence electrons. The molecule has 0 aromatic heterocycles. The zero-order valence-electron chi connectivity index (χ0n) is 17.7. The topological polar surface area (TPSA) is 50.8 Å². The van der Waals surface area contributed by atoms with Crippen molar-refractivity contribution in [3.8, 4) is 5.75 Å². The largest absolute Gasteiger partial charge is 0.489 e. The zero-order chi connectivity index (χ0) is 20.7. The summed E-state index contributed by atoms with van der Waals surface area (Å²) in [7, 11) is 0. The molecule has 1 fully saturated rings. The lowest BCUT2D eigenvalue weighted by atomic mass is 9.96. The number of nitrogens with zero attached hydrogens (tertiary/aromatic N) is 1. The minimum absolute atomic E-state index is 0.330. The summed E-state index contributed by atoms with van der Waals surface area (Å²) in [6, 6.07) is 18.5. The van der Waals surface area contributed by atoms with Crippen LogP contribution in [0.1, 0.15) is 39.2 Å². The average molecular weight is 397 g/mol. The summed E-state index contributed by atoms with van der Waals surface area (Å²) in [5.74, 6) is 1.37. The van der Waals surface area contributed by atoms with Gasteiger partial charge in [0.05, 0.1) is 0 Å². The number of amides is 1. The minimum atomic E-state index is -0.457. The Hall–Kier alpha value is -2.69. The summed E-state index contributed by atoms with van der Waals surface area (Å²) >= 11 is 0. The standard InChI is InChI=1S/C24H32N2O3/c1-24(2,3)29-23(27)25-17-19-12-14-26(15-13-19)21-10-7-11-22(16-21)28-18-20-8-5-4-6-9-20/h4-11,16,19H,12-15,17-18H2,1-3H3,(H,25,27). The van der Waals surface area contributed by atoms with Crippen LogP contribution in [0.5, 0.6) is 5.75 Å². The van der Waals surface area contributed by atoms with Crippen molar-refractivity contribution < 1.29 is 14.3 Å². The van der Waals surface area contributed by atoms with E-state index in [4.69, 9.17) is 9.47 Å². The molecule has 5 heteroatoms. The fraction of sp³-hybridized carbons (Fsp3) is 0.458. The van der Waals surface area contributed by atoms with Gasteiger partial charge in [-0.2, -0.15) is 0 Å². The van der Waals surface area contributed by atoms with Crippen molar-refractivity contribution in [1.82, 2.24) is 5.32 Å². The molecule has 1 heterocycles. The number of ether oxygens (including phenoxy) is 2. The van der Waals surface area contributed by atoms with Gasteiger partial charge in [-0.3, -0.25) is 0 Å². The Bertz CT molecular complexity index is 778. The first-order valence-corrected chi connectivity index (χ1v) is 10.4. The first kappa shape index (κ1) is 21.0. The van der Waals surface area contributed by atoms with E-state index in [1.807, 2.05) is 51.1 Å². The van der Waals surface area contributed by atoms with E-state index in [9.17, 15) is 4.79 Å². The Morgan fingerprint density at radius 3 is 2.48 bits per heavy atom. The summed E-state index contributed by atoms with van der Waals surface area (Å²) in [6.07, 6.45) is 1.76. The molecule has 1 amide bonds. The average Bonchev–Trinajstić information content (AvgIpc) is 2.71. The van der Waals surface area contributed by atoms with E-state index in [0.29, 0.717) is 19.1 Å². The van der Waals surface area contributed by atoms with Gasteiger partial charge in [0.1, 0.15) is 18.0 Å². The zero-order valence-corrected chi connectivity index (χ0v) is 17.7. The van der Waals surface area contributed by atoms with Crippen molar-refractivity contribution in [3.63, 3.8) is 0 Å². The maximum Gasteiger partial charge on any atom is 0.407 e. The highest BCUT2D eigenvalue weighted by atomic mass is 16.6. The molecule has 0 spiro atoms. The maximum atomic E-state index is 11.8. The molecular formula is C24H32N2O3. The van der Waals surface area contributed by atoms with Gasteiger partial charge in [0.25, 0.3) is 0 Å². The van der Waals surface area contributed by atoms with E-state index in [-0.39, 0.29) is 6.09 Å². The molecule has 0 bridgehead atoms. The first-order valence-electron chi connectivity index (χ1n) is 10.4. The van der Waals surface area contributed by atoms with Gasteiger partial charge in [0, 0.05) is 31.4 Å². The van der Waals surface area contributed by atoms with Gasteiger partial charge in [-0.25, -0.2) is 4.79 Å². The highest BCUT2D eigenvalue weighted by molar-refractivity contribution is 5.67. The number of anilines is 1. The van der Waals surface area contributed by atoms with Crippen LogP contribution in [0.15, 0.2) is 54.6 Å². The molecule has 29 heavy (non-hydrogen) atoms. The Morgan fingerprint density at radius 2 is 1.79 bits per heavy atom. The lowest BCUT2D eigenvalue weighted by Crippen LogP contribution is -2.40. The highest BCUT2D eigenvalue weighted by Gasteiger charge is 2.22. The number of piperidine rings is 1. The van der Waals surface area contributed by atoms with Crippen LogP contribution in [0.4, 0.5) is 10.5 Å². The smallest absolute Gasteiger partial charge is 0.407 e. The van der Waals surface area contributed by atoms with Crippen LogP contribution < -0.4 is 15.0 Å². The lowest BCUT2D eigenvalue weighted by Gasteiger charge is -2.34. The molecule has 0 radical (unpaired) electrons. The fourth-order valence-electron chi connectivity index (χ4n) is 3.45. The molecule has 1 saturated heterocycles. The molecule has 2 aromatic carbocycles. The normalized spacial score (nSPS) is 15.1. The van der Waals surface area contributed by atoms with E-state index in [1.165, 1.54) is 5.69 Å². The second kappa shape index (κ2) is 9.68. The van der Waals surface area contributed by atoms with Gasteiger partial charge in [-0.15, -0.1) is 0 Å². The third-order valence-corrected chi connectivity index (χ3v) is 4.98. The van der Waals surface area contributed by atoms with Crippen molar-refractivity contribution in [2.24, 2.45) is 5.92 Å². The molecule has 0 atom stereocenters. The third-order valence-electron chi connectivity index (χ3n) is 4.98. The van der Waals surface area contributed by atoms with Crippen LogP contribution in [0, 0.1) is 5.92 Å². The number of carbonyl (C=O) groups is 1. The van der Waals surface area contributed by atoms with Crippen LogP contribution in [0.3, 0.4) is 0 Å². The number of rotatable bonds is 6. The summed E-state index contributed by atoms with van der Waals surface area (Å²) < 4.78 is 11.3. The Balaban J connectivity index is 1.45. The Kier molecular flexibility index (Phi) is 7.02. The molecule has 2 aromatic rings. The molecule has 3 rings (SSSR count). The predicted molar refractivity (Wildman–Crippen MR) is 116 cm³/mol. The van der Waals surface area contributed by atoms with Crippen LogP contribution in [0.2, 0.25) is 0 Å². The molecule has 5 nitrogen and oxygen atoms in total. The van der Waals surface area contributed by atoms with E-state index in [2.05, 4.69) is 34.5 Å². The second-order valence-corrected chi connectivity index (χ2v) is 8.58. The van der Waals surface area contributed by atoms with Gasteiger partial charge >= 0.3 is 6.09 Å². The van der Waals surface area contributed by atoms with Crippen LogP contribution >= 0.6 is 0 Å². The molecule has 1 aliphatic rings. The van der Waals surface area contributed by atoms with Crippen molar-refractivity contribution in [1.29, 1.82) is 0 Å². The second-order valence-electron chi connectivity index (χ2n) is 8.58. The SMILES string of the molecule is CC(C)(C)OC(=O)NCC1CCN(c2cccc(OCc3ccccc3)c2)CC1. The quantitative estimate of drug-likeness (QED) is 0.746. The number of benzene rings is 2. The molecule has 0 saturated carbocycles. The number of alkyl carbamates (subject to hydrolysis) is 1. The summed E-state index contributed by atoms with van der Waals surface area (Å²) in [4.78, 5) is 14.2. The highest BCUT2D eigenvalue weighted by Crippen LogP contribution is 2.26. The fourth-order valence-corrected chi connectivity index (χ4v) is 3.45. The Morgan fingerprint density at radius 1 is 1.07 bits per heavy atom. The van der Waals surface area contributed by atoms with Crippen molar-refractivity contribution in [3.05, 3.63) is 60.2 Å². The molecule has 0 aliphatic carbocycles. The van der Waals surface area contributed by atoms with Crippen LogP contribution in [0.25, 0.3) is 0 Å². The van der Waals surface area contributed by atoms with Gasteiger partial charge < -0.3 is 19.7 Å². The number of hydrogen-bond donors (Lipinski definition) is 1. The number of hydrogen-bond acceptors (Lipinski definition) is 4. The van der Waals surface area contributed by atoms with E-state index >= 15 is 0 Å². The maximum absolute atomic E-state index is 11.8. The van der Waals surface area contributed by atoms with Crippen molar-refractivity contribution in [2.45, 2.75) is 45.8 Å². The third kappa shape index (κ3) is 7.00. The minimum Gasteiger partial charge on any atom is -0.489 e. The van der Waals surface area contributed by atoms with Gasteiger partial charge in [-0.05, 0) is 57.2 Å². The van der Waals surface area contributed by atoms with E-state index < -0.39 is 5.60 Å². The van der Waals surface area contributed by atoms with Crippen molar-refractivity contribution >= 4 is 11.8 Å². The molecule has 1 N–H and O–H groups in total. The summed E-state index contributed by atoms with van der Waals surface area (Å²) in [5, 5.41) is 2.91. The van der Waals surface area contributed by atoms with E-state index in [0.717, 1.165) is 37.2 Å². The summed E-state index contributed by atoms with van der Waals surface area (Å²) in [6.45, 7) is 8.82. The van der Waals surface area contributed by atoms with Crippen LogP contribution in [-0.4, -0.2) is 31.3 Å². The van der Waals surface area contributed by atoms with Gasteiger partial charge in [0.2, 0.25) is 0 Å². The predicted octanol–water partition coefficient (Wildman–Crippen LogP) is 5.01. The molecule has 1 aliphatic heterocycles. The molecule has 0 unspecified atom stereocenters. The van der Waals surface area contributed by atoms with Crippen LogP contribution in [-0.2, 0) is 11.3 Å². The number of nitrogens with one attached hydrogen (secondary N) is 1. The van der Waals surface area contributed by atoms with Gasteiger partial charge in [-0.1, -0.05) is 36.4 Å². The first-order chi connectivity index (χ1) is 13.9.